The lowest BCUT2D eigenvalue weighted by atomic mass is 9.72. The van der Waals surface area contributed by atoms with Crippen LogP contribution in [0.25, 0.3) is 20.7 Å². The number of aryl methyl sites for hydroxylation is 2. The molecule has 4 aromatic heterocycles. The number of fused-ring (bicyclic) bond motifs is 1. The summed E-state index contributed by atoms with van der Waals surface area (Å²) >= 11 is 1.41. The van der Waals surface area contributed by atoms with Crippen molar-refractivity contribution in [1.82, 2.24) is 24.4 Å². The Balaban J connectivity index is 1.22. The van der Waals surface area contributed by atoms with Gasteiger partial charge in [-0.25, -0.2) is 19.3 Å². The summed E-state index contributed by atoms with van der Waals surface area (Å²) in [6.45, 7) is 15.0. The number of thiophene rings is 1. The Morgan fingerprint density at radius 3 is 2.46 bits per heavy atom. The number of nitrogens with one attached hydrogen (secondary N) is 1. The highest BCUT2D eigenvalue weighted by atomic mass is 32.1. The van der Waals surface area contributed by atoms with Crippen molar-refractivity contribution in [1.29, 1.82) is 0 Å². The monoisotopic (exact) mass is 547 g/mol. The molecular formula is C29H34FN7OS. The topological polar surface area (TPSA) is 79.2 Å². The molecule has 2 aliphatic heterocycles. The van der Waals surface area contributed by atoms with Crippen molar-refractivity contribution in [2.24, 2.45) is 12.5 Å². The Kier molecular flexibility index (Phi) is 6.22. The van der Waals surface area contributed by atoms with Crippen molar-refractivity contribution in [3.63, 3.8) is 0 Å². The van der Waals surface area contributed by atoms with E-state index in [2.05, 4.69) is 57.8 Å². The van der Waals surface area contributed by atoms with Gasteiger partial charge in [-0.3, -0.25) is 9.69 Å². The van der Waals surface area contributed by atoms with Gasteiger partial charge in [0.25, 0.3) is 5.56 Å². The maximum atomic E-state index is 15.0. The minimum atomic E-state index is -0.528. The molecule has 6 rings (SSSR count). The van der Waals surface area contributed by atoms with Gasteiger partial charge in [0.2, 0.25) is 5.95 Å². The maximum Gasteiger partial charge on any atom is 0.259 e. The fourth-order valence-electron chi connectivity index (χ4n) is 5.79. The fraction of sp³-hybridized carbons (Fsp3) is 0.448. The van der Waals surface area contributed by atoms with E-state index in [9.17, 15) is 4.79 Å². The molecule has 1 N–H and O–H groups in total. The minimum absolute atomic E-state index is 0.0887. The van der Waals surface area contributed by atoms with Gasteiger partial charge in [-0.1, -0.05) is 13.8 Å². The number of hydrogen-bond donors (Lipinski definition) is 1. The average Bonchev–Trinajstić information content (AvgIpc) is 3.18. The number of rotatable bonds is 6. The summed E-state index contributed by atoms with van der Waals surface area (Å²) < 4.78 is 17.5. The quantitative estimate of drug-likeness (QED) is 0.351. The zero-order valence-electron chi connectivity index (χ0n) is 23.2. The van der Waals surface area contributed by atoms with Crippen LogP contribution >= 0.6 is 11.3 Å². The first-order valence-electron chi connectivity index (χ1n) is 13.4. The van der Waals surface area contributed by atoms with Crippen LogP contribution in [0.4, 0.5) is 21.8 Å². The third-order valence-corrected chi connectivity index (χ3v) is 9.42. The summed E-state index contributed by atoms with van der Waals surface area (Å²) in [7, 11) is 1.75. The van der Waals surface area contributed by atoms with Crippen molar-refractivity contribution in [3.8, 4) is 10.6 Å². The van der Waals surface area contributed by atoms with E-state index in [0.29, 0.717) is 27.5 Å². The molecule has 0 aromatic carbocycles. The Bertz CT molecular complexity index is 1610. The predicted molar refractivity (Wildman–Crippen MR) is 156 cm³/mol. The minimum Gasteiger partial charge on any atom is -0.369 e. The van der Waals surface area contributed by atoms with Gasteiger partial charge in [-0.05, 0) is 49.9 Å². The van der Waals surface area contributed by atoms with E-state index in [1.165, 1.54) is 30.6 Å². The molecule has 2 aliphatic rings. The van der Waals surface area contributed by atoms with E-state index in [1.807, 2.05) is 31.5 Å². The molecule has 0 amide bonds. The van der Waals surface area contributed by atoms with Crippen LogP contribution in [0.1, 0.15) is 44.7 Å². The van der Waals surface area contributed by atoms with Gasteiger partial charge >= 0.3 is 0 Å². The zero-order chi connectivity index (χ0) is 27.6. The molecule has 0 radical (unpaired) electrons. The van der Waals surface area contributed by atoms with Crippen LogP contribution in [0.3, 0.4) is 0 Å². The standard InChI is InChI=1S/C29H34FN7OS/c1-16(2)20-11-35(6)27(38)23-18(5)25(39-26(20)23)24-21(30)10-32-28(34-24)33-22-8-7-19(9-31-22)37-14-29(15-37)12-36(13-29)17(3)4/h7-11,16-17H,12-15H2,1-6H3,(H,31,32,33,34). The molecule has 8 nitrogen and oxygen atoms in total. The molecule has 2 fully saturated rings. The van der Waals surface area contributed by atoms with Crippen LogP contribution < -0.4 is 15.8 Å². The number of anilines is 3. The van der Waals surface area contributed by atoms with E-state index < -0.39 is 5.82 Å². The third-order valence-electron chi connectivity index (χ3n) is 8.07. The summed E-state index contributed by atoms with van der Waals surface area (Å²) in [5.41, 5.74) is 3.42. The van der Waals surface area contributed by atoms with Crippen molar-refractivity contribution in [2.75, 3.05) is 36.4 Å². The third kappa shape index (κ3) is 4.39. The first kappa shape index (κ1) is 25.9. The van der Waals surface area contributed by atoms with Gasteiger partial charge in [-0.15, -0.1) is 11.3 Å². The van der Waals surface area contributed by atoms with E-state index in [0.717, 1.165) is 34.6 Å². The van der Waals surface area contributed by atoms with Gasteiger partial charge < -0.3 is 14.8 Å². The fourth-order valence-corrected chi connectivity index (χ4v) is 7.24. The number of nitrogens with zero attached hydrogens (tertiary/aromatic N) is 6. The average molecular weight is 548 g/mol. The molecule has 6 heterocycles. The Hall–Kier alpha value is -3.37. The zero-order valence-corrected chi connectivity index (χ0v) is 24.1. The van der Waals surface area contributed by atoms with Crippen LogP contribution in [0.2, 0.25) is 0 Å². The highest BCUT2D eigenvalue weighted by Gasteiger charge is 2.52. The Morgan fingerprint density at radius 2 is 1.82 bits per heavy atom. The van der Waals surface area contributed by atoms with E-state index in [1.54, 1.807) is 11.6 Å². The second-order valence-corrected chi connectivity index (χ2v) is 12.7. The molecular weight excluding hydrogens is 513 g/mol. The number of aromatic nitrogens is 4. The lowest BCUT2D eigenvalue weighted by Gasteiger charge is -2.62. The molecule has 204 valence electrons. The number of hydrogen-bond acceptors (Lipinski definition) is 8. The highest BCUT2D eigenvalue weighted by molar-refractivity contribution is 7.22. The van der Waals surface area contributed by atoms with Gasteiger partial charge in [0.15, 0.2) is 5.82 Å². The smallest absolute Gasteiger partial charge is 0.259 e. The normalized spacial score (nSPS) is 16.8. The van der Waals surface area contributed by atoms with Crippen molar-refractivity contribution in [3.05, 3.63) is 58.0 Å². The Morgan fingerprint density at radius 1 is 1.08 bits per heavy atom. The SMILES string of the molecule is Cc1c(-c2nc(Nc3ccc(N4CC5(C4)CN(C(C)C)C5)cn3)ncc2F)sc2c(C(C)C)cn(C)c(=O)c12. The summed E-state index contributed by atoms with van der Waals surface area (Å²) in [6, 6.07) is 4.56. The predicted octanol–water partition coefficient (Wildman–Crippen LogP) is 5.30. The van der Waals surface area contributed by atoms with Crippen LogP contribution in [-0.4, -0.2) is 56.6 Å². The molecule has 0 atom stereocenters. The van der Waals surface area contributed by atoms with E-state index in [4.69, 9.17) is 0 Å². The largest absolute Gasteiger partial charge is 0.369 e. The van der Waals surface area contributed by atoms with E-state index in [-0.39, 0.29) is 23.1 Å². The van der Waals surface area contributed by atoms with Gasteiger partial charge in [0, 0.05) is 55.6 Å². The van der Waals surface area contributed by atoms with Crippen LogP contribution in [0.15, 0.2) is 35.5 Å². The summed E-state index contributed by atoms with van der Waals surface area (Å²) in [4.78, 5) is 31.7. The lowest BCUT2D eigenvalue weighted by Crippen LogP contribution is -2.73. The molecule has 0 unspecified atom stereocenters. The van der Waals surface area contributed by atoms with Gasteiger partial charge in [-0.2, -0.15) is 0 Å². The van der Waals surface area contributed by atoms with Crippen molar-refractivity contribution < 1.29 is 4.39 Å². The van der Waals surface area contributed by atoms with E-state index >= 15 is 4.39 Å². The number of likely N-dealkylation sites (tertiary alicyclic amines) is 1. The second-order valence-electron chi connectivity index (χ2n) is 11.7. The molecule has 0 aliphatic carbocycles. The molecule has 10 heteroatoms. The second kappa shape index (κ2) is 9.38. The summed E-state index contributed by atoms with van der Waals surface area (Å²) in [5.74, 6) is 0.536. The van der Waals surface area contributed by atoms with Crippen molar-refractivity contribution in [2.45, 2.75) is 46.6 Å². The first-order valence-corrected chi connectivity index (χ1v) is 14.2. The van der Waals surface area contributed by atoms with Crippen LogP contribution in [-0.2, 0) is 7.05 Å². The molecule has 39 heavy (non-hydrogen) atoms. The molecule has 4 aromatic rings. The van der Waals surface area contributed by atoms with Crippen LogP contribution in [0, 0.1) is 18.2 Å². The number of halogens is 1. The molecule has 1 spiro atoms. The summed E-state index contributed by atoms with van der Waals surface area (Å²) in [5, 5.41) is 3.74. The first-order chi connectivity index (χ1) is 18.5. The summed E-state index contributed by atoms with van der Waals surface area (Å²) in [6.07, 6.45) is 4.90. The molecule has 0 bridgehead atoms. The number of pyridine rings is 2. The lowest BCUT2D eigenvalue weighted by molar-refractivity contribution is -0.0411. The van der Waals surface area contributed by atoms with Gasteiger partial charge in [0.1, 0.15) is 11.5 Å². The van der Waals surface area contributed by atoms with Crippen molar-refractivity contribution >= 4 is 38.9 Å². The molecule has 2 saturated heterocycles. The maximum absolute atomic E-state index is 15.0. The Labute approximate surface area is 231 Å². The highest BCUT2D eigenvalue weighted by Crippen LogP contribution is 2.43. The van der Waals surface area contributed by atoms with Gasteiger partial charge in [0.05, 0.1) is 28.3 Å². The molecule has 0 saturated carbocycles. The van der Waals surface area contributed by atoms with Crippen LogP contribution in [0.5, 0.6) is 0 Å².